The van der Waals surface area contributed by atoms with Gasteiger partial charge in [0.25, 0.3) is 0 Å². The zero-order valence-corrected chi connectivity index (χ0v) is 28.9. The molecule has 44 heavy (non-hydrogen) atoms. The molecule has 0 N–H and O–H groups in total. The van der Waals surface area contributed by atoms with Gasteiger partial charge in [0.15, 0.2) is 0 Å². The monoisotopic (exact) mass is 688 g/mol. The van der Waals surface area contributed by atoms with E-state index in [0.29, 0.717) is 42.0 Å². The maximum absolute atomic E-state index is 4.93. The molecule has 7 unspecified atom stereocenters. The van der Waals surface area contributed by atoms with Gasteiger partial charge in [-0.1, -0.05) is 82.8 Å². The van der Waals surface area contributed by atoms with Crippen LogP contribution in [0.15, 0.2) is 33.9 Å². The molecule has 7 aliphatic heterocycles. The second-order valence-corrected chi connectivity index (χ2v) is 14.0. The molecule has 240 valence electrons. The fraction of sp³-hybridized carbons (Fsp3) is 0.829. The molecule has 8 rings (SSSR count). The second kappa shape index (κ2) is 16.7. The number of aliphatic imine (C=N–C) groups is 2. The number of allylic oxidation sites excluding steroid dienone is 2. The van der Waals surface area contributed by atoms with Crippen LogP contribution in [0.25, 0.3) is 31.9 Å². The number of nitrogens with zero attached hydrogens (tertiary/aromatic N) is 8. The van der Waals surface area contributed by atoms with E-state index in [1.54, 1.807) is 0 Å². The van der Waals surface area contributed by atoms with Gasteiger partial charge in [-0.25, -0.2) is 0 Å². The summed E-state index contributed by atoms with van der Waals surface area (Å²) in [6.07, 6.45) is 22.8. The molecule has 0 amide bonds. The Balaban J connectivity index is 0.000000135. The van der Waals surface area contributed by atoms with Gasteiger partial charge < -0.3 is 31.9 Å². The first-order chi connectivity index (χ1) is 21.1. The molecule has 0 radical (unpaired) electrons. The fourth-order valence-electron chi connectivity index (χ4n) is 8.20. The Morgan fingerprint density at radius 2 is 1.14 bits per heavy atom. The molecule has 0 bridgehead atoms. The van der Waals surface area contributed by atoms with Crippen molar-refractivity contribution in [2.24, 2.45) is 21.8 Å². The van der Waals surface area contributed by atoms with E-state index >= 15 is 0 Å². The van der Waals surface area contributed by atoms with Crippen LogP contribution >= 0.6 is 0 Å². The number of hydrogen-bond acceptors (Lipinski definition) is 2. The van der Waals surface area contributed by atoms with E-state index in [1.807, 2.05) is 0 Å². The smallest absolute Gasteiger partial charge is 0.686 e. The molecule has 0 aromatic heterocycles. The first kappa shape index (κ1) is 34.4. The number of hydrogen-bond donors (Lipinski definition) is 0. The van der Waals surface area contributed by atoms with Crippen molar-refractivity contribution < 1.29 is 19.5 Å². The summed E-state index contributed by atoms with van der Waals surface area (Å²) in [7, 11) is 0. The van der Waals surface area contributed by atoms with Gasteiger partial charge in [-0.05, 0) is 38.5 Å². The van der Waals surface area contributed by atoms with Gasteiger partial charge in [0.05, 0.1) is 11.4 Å². The standard InChI is InChI=1S/C15H22N4.C10H18N2.C10H14N2.Ru/c1-15(2)18-13-9-5-3-7-16-11(9)12-10(14(13)19-15)6-4-8-17-12;2*1-3-7-11-9(5-1)10-6-2-4-8-12-10;/h9-12H,3-8H2,1-2H3;9-10H,1-8H2;1,3,5,10H,2,4,6-8H2;/q3*-2;+8. The minimum Gasteiger partial charge on any atom is -0.686 e. The first-order valence-electron chi connectivity index (χ1n) is 17.7. The third-order valence-electron chi connectivity index (χ3n) is 10.3. The molecule has 8 aliphatic rings. The summed E-state index contributed by atoms with van der Waals surface area (Å²) in [6.45, 7) is 10.3. The van der Waals surface area contributed by atoms with Gasteiger partial charge in [0, 0.05) is 0 Å². The summed E-state index contributed by atoms with van der Waals surface area (Å²) in [5.41, 5.74) is 3.52. The molecule has 9 heteroatoms. The topological polar surface area (TPSA) is 109 Å². The molecule has 7 heterocycles. The molecule has 0 aromatic carbocycles. The van der Waals surface area contributed by atoms with Crippen LogP contribution in [0.2, 0.25) is 0 Å². The Kier molecular flexibility index (Phi) is 13.1. The van der Waals surface area contributed by atoms with Crippen molar-refractivity contribution in [3.63, 3.8) is 0 Å². The normalized spacial score (nSPS) is 37.2. The van der Waals surface area contributed by atoms with Crippen molar-refractivity contribution in [3.8, 4) is 0 Å². The van der Waals surface area contributed by atoms with Crippen LogP contribution < -0.4 is 0 Å². The molecular formula is C35H54N8Ru+2. The van der Waals surface area contributed by atoms with Crippen LogP contribution in [0.4, 0.5) is 0 Å². The quantitative estimate of drug-likeness (QED) is 0.260. The molecule has 1 saturated carbocycles. The van der Waals surface area contributed by atoms with Crippen LogP contribution in [0.1, 0.15) is 97.3 Å². The summed E-state index contributed by atoms with van der Waals surface area (Å²) in [6, 6.07) is 2.39. The molecular weight excluding hydrogens is 634 g/mol. The van der Waals surface area contributed by atoms with Crippen molar-refractivity contribution in [1.29, 1.82) is 0 Å². The predicted octanol–water partition coefficient (Wildman–Crippen LogP) is 8.51. The van der Waals surface area contributed by atoms with Gasteiger partial charge >= 0.3 is 19.5 Å². The maximum atomic E-state index is 4.93. The summed E-state index contributed by atoms with van der Waals surface area (Å²) in [4.78, 5) is 9.86. The van der Waals surface area contributed by atoms with Crippen LogP contribution in [-0.4, -0.2) is 86.6 Å². The SMILES string of the molecule is C1=CC[N-]C(C2CCCC[N-]2)=C1.C1CCC(C2CCCC[N-]2)[N-]C1.CC1(C)N=C2C(=N1)C1CCC[N-]C1C1[N-]CCCC21.[Ru+8]. The van der Waals surface area contributed by atoms with Gasteiger partial charge in [-0.2, -0.15) is 17.8 Å². The van der Waals surface area contributed by atoms with E-state index in [9.17, 15) is 0 Å². The van der Waals surface area contributed by atoms with Crippen molar-refractivity contribution >= 4 is 11.4 Å². The number of fused-ring (bicyclic) bond motifs is 6. The van der Waals surface area contributed by atoms with Crippen molar-refractivity contribution in [2.45, 2.75) is 133 Å². The third-order valence-corrected chi connectivity index (χ3v) is 10.3. The summed E-state index contributed by atoms with van der Waals surface area (Å²) < 4.78 is 0. The minimum absolute atomic E-state index is 0. The minimum atomic E-state index is -0.251. The molecule has 5 saturated heterocycles. The molecule has 7 atom stereocenters. The summed E-state index contributed by atoms with van der Waals surface area (Å²) >= 11 is 0. The Morgan fingerprint density at radius 1 is 0.614 bits per heavy atom. The van der Waals surface area contributed by atoms with E-state index in [0.717, 1.165) is 39.3 Å². The Labute approximate surface area is 280 Å². The molecule has 6 fully saturated rings. The summed E-state index contributed by atoms with van der Waals surface area (Å²) in [5, 5.41) is 28.1. The van der Waals surface area contributed by atoms with Gasteiger partial charge in [-0.15, -0.1) is 63.5 Å². The van der Waals surface area contributed by atoms with Gasteiger partial charge in [0.2, 0.25) is 0 Å². The Bertz CT molecular complexity index is 964. The van der Waals surface area contributed by atoms with Crippen LogP contribution in [0, 0.1) is 11.8 Å². The van der Waals surface area contributed by atoms with Crippen molar-refractivity contribution in [2.75, 3.05) is 39.3 Å². The van der Waals surface area contributed by atoms with E-state index in [2.05, 4.69) is 53.3 Å². The molecule has 8 nitrogen and oxygen atoms in total. The number of piperidine rings is 5. The summed E-state index contributed by atoms with van der Waals surface area (Å²) in [5.74, 6) is 0.995. The predicted molar refractivity (Wildman–Crippen MR) is 181 cm³/mol. The maximum Gasteiger partial charge on any atom is 8.00 e. The second-order valence-electron chi connectivity index (χ2n) is 14.0. The zero-order valence-electron chi connectivity index (χ0n) is 27.1. The van der Waals surface area contributed by atoms with Crippen LogP contribution in [0.3, 0.4) is 0 Å². The van der Waals surface area contributed by atoms with E-state index in [1.165, 1.54) is 101 Å². The Morgan fingerprint density at radius 3 is 1.59 bits per heavy atom. The van der Waals surface area contributed by atoms with Crippen molar-refractivity contribution in [3.05, 3.63) is 55.8 Å². The van der Waals surface area contributed by atoms with E-state index < -0.39 is 0 Å². The first-order valence-corrected chi connectivity index (χ1v) is 17.7. The average molecular weight is 688 g/mol. The Hall–Kier alpha value is -0.957. The average Bonchev–Trinajstić information content (AvgIpc) is 3.43. The van der Waals surface area contributed by atoms with Crippen LogP contribution in [0.5, 0.6) is 0 Å². The largest absolute Gasteiger partial charge is 8.00 e. The third kappa shape index (κ3) is 8.69. The van der Waals surface area contributed by atoms with E-state index in [4.69, 9.17) is 20.6 Å². The van der Waals surface area contributed by atoms with Gasteiger partial charge in [0.1, 0.15) is 5.66 Å². The fourth-order valence-corrected chi connectivity index (χ4v) is 8.20. The number of rotatable bonds is 2. The van der Waals surface area contributed by atoms with E-state index in [-0.39, 0.29) is 25.1 Å². The van der Waals surface area contributed by atoms with Gasteiger partial charge in [-0.3, -0.25) is 9.98 Å². The molecule has 1 aliphatic carbocycles. The molecule has 0 aromatic rings. The van der Waals surface area contributed by atoms with Crippen LogP contribution in [-0.2, 0) is 19.5 Å². The van der Waals surface area contributed by atoms with Crippen molar-refractivity contribution in [1.82, 2.24) is 0 Å². The zero-order chi connectivity index (χ0) is 29.5. The molecule has 0 spiro atoms.